The van der Waals surface area contributed by atoms with Crippen LogP contribution >= 0.6 is 0 Å². The van der Waals surface area contributed by atoms with Crippen molar-refractivity contribution in [2.24, 2.45) is 5.73 Å². The number of hydrogen-bond acceptors (Lipinski definition) is 9. The van der Waals surface area contributed by atoms with E-state index in [0.717, 1.165) is 23.8 Å². The molecule has 0 aliphatic heterocycles. The van der Waals surface area contributed by atoms with Gasteiger partial charge in [-0.15, -0.1) is 0 Å². The van der Waals surface area contributed by atoms with E-state index < -0.39 is 23.5 Å². The van der Waals surface area contributed by atoms with Gasteiger partial charge in [-0.25, -0.2) is 23.5 Å². The van der Waals surface area contributed by atoms with E-state index in [1.54, 1.807) is 35.4 Å². The summed E-state index contributed by atoms with van der Waals surface area (Å²) in [5.74, 6) is 8.81. The fraction of sp³-hybridized carbons (Fsp3) is 0.135. The van der Waals surface area contributed by atoms with Gasteiger partial charge in [0.2, 0.25) is 11.6 Å². The number of carbonyl (C=O) groups is 2. The van der Waals surface area contributed by atoms with Crippen molar-refractivity contribution in [2.45, 2.75) is 27.7 Å². The molecule has 1 amide bonds. The molecule has 0 atom stereocenters. The number of nitrogens with two attached hydrogens (primary N) is 1. The molecular weight excluding hydrogens is 656 g/mol. The number of ether oxygens (including phenoxy) is 1. The number of hydrogen-bond donors (Lipinski definition) is 1. The quantitative estimate of drug-likeness (QED) is 0.208. The van der Waals surface area contributed by atoms with Crippen molar-refractivity contribution < 1.29 is 23.1 Å². The molecule has 0 saturated heterocycles. The van der Waals surface area contributed by atoms with Gasteiger partial charge in [0, 0.05) is 23.8 Å². The molecule has 0 aromatic carbocycles. The number of methoxy groups -OCH3 is 1. The summed E-state index contributed by atoms with van der Waals surface area (Å²) >= 11 is 0. The molecule has 51 heavy (non-hydrogen) atoms. The van der Waals surface area contributed by atoms with E-state index >= 15 is 0 Å². The zero-order valence-corrected chi connectivity index (χ0v) is 28.1. The number of aryl methyl sites for hydroxylation is 2. The van der Waals surface area contributed by atoms with E-state index in [4.69, 9.17) is 10.5 Å². The molecule has 0 fully saturated rings. The topological polar surface area (TPSA) is 157 Å². The van der Waals surface area contributed by atoms with Gasteiger partial charge in [0.15, 0.2) is 11.6 Å². The van der Waals surface area contributed by atoms with Crippen LogP contribution in [0.2, 0.25) is 0 Å². The number of rotatable bonds is 4. The molecular formula is C37H29F2N9O3. The van der Waals surface area contributed by atoms with Crippen LogP contribution in [0.15, 0.2) is 73.6 Å². The summed E-state index contributed by atoms with van der Waals surface area (Å²) < 4.78 is 35.3. The summed E-state index contributed by atoms with van der Waals surface area (Å²) in [6.45, 7) is 7.25. The molecule has 12 nitrogen and oxygen atoms in total. The van der Waals surface area contributed by atoms with Crippen LogP contribution in [-0.4, -0.2) is 58.0 Å². The second kappa shape index (κ2) is 15.4. The molecule has 254 valence electrons. The minimum absolute atomic E-state index is 0.0441. The third kappa shape index (κ3) is 7.98. The van der Waals surface area contributed by atoms with Crippen molar-refractivity contribution in [2.75, 3.05) is 7.11 Å². The Morgan fingerprint density at radius 3 is 1.51 bits per heavy atom. The number of carbonyl (C=O) groups excluding carboxylic acids is 2. The molecule has 0 unspecified atom stereocenters. The Balaban J connectivity index is 0.000000198. The highest BCUT2D eigenvalue weighted by Crippen LogP contribution is 2.20. The third-order valence-corrected chi connectivity index (χ3v) is 7.29. The van der Waals surface area contributed by atoms with E-state index in [-0.39, 0.29) is 22.8 Å². The van der Waals surface area contributed by atoms with E-state index in [1.165, 1.54) is 31.6 Å². The first-order chi connectivity index (χ1) is 24.5. The average molecular weight is 686 g/mol. The normalized spacial score (nSPS) is 10.2. The Kier molecular flexibility index (Phi) is 10.7. The van der Waals surface area contributed by atoms with Crippen LogP contribution in [0.3, 0.4) is 0 Å². The second-order valence-electron chi connectivity index (χ2n) is 10.8. The first-order valence-corrected chi connectivity index (χ1v) is 15.1. The highest BCUT2D eigenvalue weighted by Gasteiger charge is 2.21. The summed E-state index contributed by atoms with van der Waals surface area (Å²) in [5, 5.41) is 0. The Labute approximate surface area is 291 Å². The maximum absolute atomic E-state index is 13.7. The zero-order valence-electron chi connectivity index (χ0n) is 28.1. The number of aromatic nitrogens is 8. The summed E-state index contributed by atoms with van der Waals surface area (Å²) in [4.78, 5) is 48.2. The Morgan fingerprint density at radius 1 is 0.667 bits per heavy atom. The van der Waals surface area contributed by atoms with Gasteiger partial charge in [-0.3, -0.25) is 33.9 Å². The van der Waals surface area contributed by atoms with Crippen molar-refractivity contribution >= 4 is 11.9 Å². The average Bonchev–Trinajstić information content (AvgIpc) is 3.64. The fourth-order valence-corrected chi connectivity index (χ4v) is 4.66. The Morgan fingerprint density at radius 2 is 1.12 bits per heavy atom. The SMILES string of the molecule is COC(=O)c1nc(C#Cc2ccncc2F)c(C)n1-c1ccc(C)nc1.Cc1ccc(-n2c(C(N)=O)nc(C#Cc3ccncc3F)c2C)cn1. The molecule has 0 aliphatic carbocycles. The van der Waals surface area contributed by atoms with Crippen LogP contribution < -0.4 is 5.73 Å². The molecule has 6 aromatic heterocycles. The number of amides is 1. The van der Waals surface area contributed by atoms with E-state index in [2.05, 4.69) is 53.6 Å². The lowest BCUT2D eigenvalue weighted by atomic mass is 10.2. The lowest BCUT2D eigenvalue weighted by molar-refractivity contribution is 0.0584. The van der Waals surface area contributed by atoms with Crippen molar-refractivity contribution in [1.29, 1.82) is 0 Å². The molecule has 6 heterocycles. The molecule has 6 aromatic rings. The van der Waals surface area contributed by atoms with Gasteiger partial charge in [0.25, 0.3) is 5.91 Å². The largest absolute Gasteiger partial charge is 0.463 e. The summed E-state index contributed by atoms with van der Waals surface area (Å²) in [5.41, 5.74) is 10.7. The number of halogens is 2. The smallest absolute Gasteiger partial charge is 0.374 e. The van der Waals surface area contributed by atoms with E-state index in [1.807, 2.05) is 38.1 Å². The third-order valence-electron chi connectivity index (χ3n) is 7.29. The van der Waals surface area contributed by atoms with Gasteiger partial charge in [-0.05, 0) is 75.9 Å². The maximum atomic E-state index is 13.7. The number of imidazole rings is 2. The van der Waals surface area contributed by atoms with Gasteiger partial charge >= 0.3 is 5.97 Å². The monoisotopic (exact) mass is 685 g/mol. The fourth-order valence-electron chi connectivity index (χ4n) is 4.66. The highest BCUT2D eigenvalue weighted by molar-refractivity contribution is 5.90. The minimum Gasteiger partial charge on any atom is -0.463 e. The molecule has 0 aliphatic rings. The van der Waals surface area contributed by atoms with Crippen molar-refractivity contribution in [3.8, 4) is 35.1 Å². The molecule has 0 saturated carbocycles. The van der Waals surface area contributed by atoms with Crippen LogP contribution in [0.1, 0.15) is 66.5 Å². The van der Waals surface area contributed by atoms with Crippen molar-refractivity contribution in [1.82, 2.24) is 39.0 Å². The molecule has 14 heteroatoms. The molecule has 0 radical (unpaired) electrons. The Bertz CT molecular complexity index is 2380. The number of esters is 1. The summed E-state index contributed by atoms with van der Waals surface area (Å²) in [7, 11) is 1.28. The lowest BCUT2D eigenvalue weighted by Gasteiger charge is -2.08. The first kappa shape index (κ1) is 35.3. The van der Waals surface area contributed by atoms with Crippen molar-refractivity contribution in [3.63, 3.8) is 0 Å². The molecule has 0 bridgehead atoms. The van der Waals surface area contributed by atoms with Crippen LogP contribution in [0.4, 0.5) is 8.78 Å². The summed E-state index contributed by atoms with van der Waals surface area (Å²) in [6.07, 6.45) is 8.34. The van der Waals surface area contributed by atoms with Gasteiger partial charge in [-0.1, -0.05) is 11.8 Å². The summed E-state index contributed by atoms with van der Waals surface area (Å²) in [6, 6.07) is 10.2. The number of pyridine rings is 4. The van der Waals surface area contributed by atoms with Crippen LogP contribution in [0.5, 0.6) is 0 Å². The van der Waals surface area contributed by atoms with Gasteiger partial charge in [0.1, 0.15) is 11.4 Å². The minimum atomic E-state index is -0.688. The van der Waals surface area contributed by atoms with Crippen LogP contribution in [0.25, 0.3) is 11.4 Å². The predicted octanol–water partition coefficient (Wildman–Crippen LogP) is 4.52. The van der Waals surface area contributed by atoms with Crippen molar-refractivity contribution in [3.05, 3.63) is 142 Å². The molecule has 6 rings (SSSR count). The zero-order chi connectivity index (χ0) is 36.7. The van der Waals surface area contributed by atoms with Gasteiger partial charge in [-0.2, -0.15) is 0 Å². The first-order valence-electron chi connectivity index (χ1n) is 15.1. The molecule has 0 spiro atoms. The standard InChI is InChI=1S/C19H15FN4O2.C18H14FN5O/c1-12-4-6-15(10-22-12)24-13(2)17(23-18(24)19(25)26-3)7-5-14-8-9-21-11-16(14)20;1-11-3-5-14(9-22-11)24-12(2)16(23-18(24)17(20)25)6-4-13-7-8-21-10-15(13)19/h4,6,8-11H,1-3H3;3,5,7-10H,1-2H3,(H2,20,25). The number of nitrogens with zero attached hydrogens (tertiary/aromatic N) is 8. The van der Waals surface area contributed by atoms with Crippen LogP contribution in [-0.2, 0) is 4.74 Å². The maximum Gasteiger partial charge on any atom is 0.374 e. The van der Waals surface area contributed by atoms with Gasteiger partial charge in [0.05, 0.1) is 65.8 Å². The lowest BCUT2D eigenvalue weighted by Crippen LogP contribution is -2.18. The van der Waals surface area contributed by atoms with Gasteiger partial charge < -0.3 is 10.5 Å². The number of primary amides is 1. The van der Waals surface area contributed by atoms with E-state index in [0.29, 0.717) is 34.2 Å². The Hall–Kier alpha value is -7.06. The predicted molar refractivity (Wildman–Crippen MR) is 182 cm³/mol. The highest BCUT2D eigenvalue weighted by atomic mass is 19.1. The second-order valence-corrected chi connectivity index (χ2v) is 10.8. The van der Waals surface area contributed by atoms with E-state index in [9.17, 15) is 18.4 Å². The van der Waals surface area contributed by atoms with Crippen LogP contribution in [0, 0.1) is 63.0 Å². The molecule has 2 N–H and O–H groups in total.